The maximum atomic E-state index is 11.1. The van der Waals surface area contributed by atoms with Crippen molar-refractivity contribution >= 4 is 34.0 Å². The van der Waals surface area contributed by atoms with Crippen molar-refractivity contribution in [3.63, 3.8) is 0 Å². The first-order chi connectivity index (χ1) is 13.5. The number of non-ortho nitro benzene ring substituents is 1. The predicted molar refractivity (Wildman–Crippen MR) is 109 cm³/mol. The first kappa shape index (κ1) is 18.2. The van der Waals surface area contributed by atoms with Gasteiger partial charge in [0, 0.05) is 28.8 Å². The summed E-state index contributed by atoms with van der Waals surface area (Å²) in [5, 5.41) is 21.5. The number of aromatic nitrogens is 3. The summed E-state index contributed by atoms with van der Waals surface area (Å²) in [5.41, 5.74) is 3.78. The summed E-state index contributed by atoms with van der Waals surface area (Å²) >= 11 is 1.51. The summed E-state index contributed by atoms with van der Waals surface area (Å²) in [6.07, 6.45) is 0. The van der Waals surface area contributed by atoms with Crippen LogP contribution >= 0.6 is 11.8 Å². The number of ether oxygens (including phenoxy) is 1. The van der Waals surface area contributed by atoms with Crippen molar-refractivity contribution in [3.8, 4) is 5.75 Å². The van der Waals surface area contributed by atoms with Crippen molar-refractivity contribution in [2.45, 2.75) is 24.3 Å². The highest BCUT2D eigenvalue weighted by Crippen LogP contribution is 2.37. The molecule has 0 aliphatic carbocycles. The van der Waals surface area contributed by atoms with Crippen LogP contribution in [0.3, 0.4) is 0 Å². The number of methoxy groups -OCH3 is 1. The van der Waals surface area contributed by atoms with E-state index in [2.05, 4.69) is 10.2 Å². The van der Waals surface area contributed by atoms with Crippen LogP contribution in [0.5, 0.6) is 5.75 Å². The number of nitrogens with zero attached hydrogens (tertiary/aromatic N) is 4. The van der Waals surface area contributed by atoms with Gasteiger partial charge in [-0.1, -0.05) is 23.9 Å². The standard InChI is InChI=1S/C20H18N4O3S/c1-12-9-19-21-22-20(23(19)18-11-16(27-3)7-8-17(12)18)28-13(2)14-5-4-6-15(10-14)24(25)26/h4-11,13H,1-3H3. The molecule has 0 spiro atoms. The van der Waals surface area contributed by atoms with Crippen LogP contribution < -0.4 is 4.74 Å². The van der Waals surface area contributed by atoms with Crippen molar-refractivity contribution in [1.82, 2.24) is 14.6 Å². The Bertz CT molecular complexity index is 1200. The van der Waals surface area contributed by atoms with Gasteiger partial charge in [-0.05, 0) is 43.2 Å². The Morgan fingerprint density at radius 1 is 1.18 bits per heavy atom. The third-order valence-corrected chi connectivity index (χ3v) is 5.81. The SMILES string of the molecule is COc1ccc2c(C)cc3nnc(SC(C)c4cccc([N+](=O)[O-])c4)n3c2c1. The molecule has 0 saturated carbocycles. The molecule has 0 aliphatic heterocycles. The van der Waals surface area contributed by atoms with Gasteiger partial charge in [-0.2, -0.15) is 0 Å². The summed E-state index contributed by atoms with van der Waals surface area (Å²) in [5.74, 6) is 0.760. The summed E-state index contributed by atoms with van der Waals surface area (Å²) < 4.78 is 7.39. The van der Waals surface area contributed by atoms with Crippen LogP contribution in [0.25, 0.3) is 16.6 Å². The maximum Gasteiger partial charge on any atom is 0.269 e. The minimum Gasteiger partial charge on any atom is -0.497 e. The lowest BCUT2D eigenvalue weighted by molar-refractivity contribution is -0.384. The second kappa shape index (κ2) is 7.12. The second-order valence-corrected chi connectivity index (χ2v) is 7.81. The Hall–Kier alpha value is -3.13. The first-order valence-corrected chi connectivity index (χ1v) is 9.59. The zero-order valence-corrected chi connectivity index (χ0v) is 16.4. The molecule has 0 fully saturated rings. The highest BCUT2D eigenvalue weighted by atomic mass is 32.2. The van der Waals surface area contributed by atoms with E-state index < -0.39 is 0 Å². The van der Waals surface area contributed by atoms with E-state index in [-0.39, 0.29) is 15.9 Å². The Labute approximate surface area is 165 Å². The Kier molecular flexibility index (Phi) is 4.64. The Morgan fingerprint density at radius 3 is 2.75 bits per heavy atom. The third-order valence-electron chi connectivity index (χ3n) is 4.71. The molecule has 0 radical (unpaired) electrons. The van der Waals surface area contributed by atoms with Gasteiger partial charge in [-0.25, -0.2) is 0 Å². The molecule has 1 atom stereocenters. The number of hydrogen-bond donors (Lipinski definition) is 0. The number of aryl methyl sites for hydroxylation is 1. The number of pyridine rings is 1. The first-order valence-electron chi connectivity index (χ1n) is 8.71. The smallest absolute Gasteiger partial charge is 0.269 e. The molecule has 28 heavy (non-hydrogen) atoms. The average molecular weight is 394 g/mol. The molecule has 8 heteroatoms. The van der Waals surface area contributed by atoms with E-state index in [0.717, 1.165) is 38.6 Å². The van der Waals surface area contributed by atoms with Crippen molar-refractivity contribution in [2.75, 3.05) is 7.11 Å². The molecule has 2 aromatic carbocycles. The molecule has 0 N–H and O–H groups in total. The maximum absolute atomic E-state index is 11.1. The largest absolute Gasteiger partial charge is 0.497 e. The molecule has 4 rings (SSSR count). The molecule has 0 bridgehead atoms. The van der Waals surface area contributed by atoms with Crippen molar-refractivity contribution in [2.24, 2.45) is 0 Å². The Balaban J connectivity index is 1.80. The topological polar surface area (TPSA) is 82.6 Å². The minimum absolute atomic E-state index is 0.0331. The van der Waals surface area contributed by atoms with Crippen LogP contribution in [-0.2, 0) is 0 Å². The summed E-state index contributed by atoms with van der Waals surface area (Å²) in [4.78, 5) is 10.7. The molecule has 1 unspecified atom stereocenters. The molecule has 7 nitrogen and oxygen atoms in total. The number of hydrogen-bond acceptors (Lipinski definition) is 6. The van der Waals surface area contributed by atoms with Gasteiger partial charge in [0.1, 0.15) is 5.75 Å². The fourth-order valence-corrected chi connectivity index (χ4v) is 4.21. The fourth-order valence-electron chi connectivity index (χ4n) is 3.22. The monoisotopic (exact) mass is 394 g/mol. The summed E-state index contributed by atoms with van der Waals surface area (Å²) in [7, 11) is 1.64. The predicted octanol–water partition coefficient (Wildman–Crippen LogP) is 4.96. The summed E-state index contributed by atoms with van der Waals surface area (Å²) in [6.45, 7) is 4.05. The molecule has 142 valence electrons. The van der Waals surface area contributed by atoms with E-state index in [9.17, 15) is 10.1 Å². The molecule has 0 saturated heterocycles. The highest BCUT2D eigenvalue weighted by Gasteiger charge is 2.17. The van der Waals surface area contributed by atoms with Crippen molar-refractivity contribution in [1.29, 1.82) is 0 Å². The zero-order chi connectivity index (χ0) is 19.8. The van der Waals surface area contributed by atoms with Crippen molar-refractivity contribution in [3.05, 3.63) is 69.8 Å². The van der Waals surface area contributed by atoms with Gasteiger partial charge in [0.25, 0.3) is 5.69 Å². The molecule has 0 aliphatic rings. The fraction of sp³-hybridized carbons (Fsp3) is 0.200. The van der Waals surface area contributed by atoms with Gasteiger partial charge in [-0.3, -0.25) is 14.5 Å². The van der Waals surface area contributed by atoms with E-state index in [1.807, 2.05) is 48.6 Å². The zero-order valence-electron chi connectivity index (χ0n) is 15.6. The quantitative estimate of drug-likeness (QED) is 0.270. The highest BCUT2D eigenvalue weighted by molar-refractivity contribution is 7.99. The lowest BCUT2D eigenvalue weighted by Crippen LogP contribution is -1.97. The van der Waals surface area contributed by atoms with E-state index in [0.29, 0.717) is 0 Å². The Morgan fingerprint density at radius 2 is 2.00 bits per heavy atom. The second-order valence-electron chi connectivity index (χ2n) is 6.50. The molecule has 4 aromatic rings. The molecule has 2 aromatic heterocycles. The van der Waals surface area contributed by atoms with Crippen LogP contribution in [-0.4, -0.2) is 26.6 Å². The lowest BCUT2D eigenvalue weighted by atomic mass is 10.1. The number of thioether (sulfide) groups is 1. The van der Waals surface area contributed by atoms with E-state index >= 15 is 0 Å². The lowest BCUT2D eigenvalue weighted by Gasteiger charge is -2.12. The number of rotatable bonds is 5. The van der Waals surface area contributed by atoms with Crippen LogP contribution in [0.15, 0.2) is 53.7 Å². The van der Waals surface area contributed by atoms with Crippen LogP contribution in [0.1, 0.15) is 23.3 Å². The molecule has 0 amide bonds. The molecular formula is C20H18N4O3S. The average Bonchev–Trinajstić information content (AvgIpc) is 3.10. The van der Waals surface area contributed by atoms with Crippen LogP contribution in [0.2, 0.25) is 0 Å². The van der Waals surface area contributed by atoms with Gasteiger partial charge in [0.05, 0.1) is 17.5 Å². The third kappa shape index (κ3) is 3.16. The van der Waals surface area contributed by atoms with Gasteiger partial charge >= 0.3 is 0 Å². The minimum atomic E-state index is -0.379. The van der Waals surface area contributed by atoms with Crippen molar-refractivity contribution < 1.29 is 9.66 Å². The van der Waals surface area contributed by atoms with E-state index in [1.165, 1.54) is 17.8 Å². The van der Waals surface area contributed by atoms with Crippen LogP contribution in [0.4, 0.5) is 5.69 Å². The van der Waals surface area contributed by atoms with Gasteiger partial charge in [0.15, 0.2) is 10.8 Å². The normalized spacial score (nSPS) is 12.4. The van der Waals surface area contributed by atoms with Crippen LogP contribution in [0, 0.1) is 17.0 Å². The van der Waals surface area contributed by atoms with Gasteiger partial charge in [0.2, 0.25) is 0 Å². The van der Waals surface area contributed by atoms with E-state index in [1.54, 1.807) is 19.2 Å². The number of nitro groups is 1. The molecular weight excluding hydrogens is 376 g/mol. The van der Waals surface area contributed by atoms with E-state index in [4.69, 9.17) is 4.74 Å². The number of benzene rings is 2. The van der Waals surface area contributed by atoms with Gasteiger partial charge < -0.3 is 4.74 Å². The van der Waals surface area contributed by atoms with Gasteiger partial charge in [-0.15, -0.1) is 10.2 Å². The number of nitro benzene ring substituents is 1. The molecule has 2 heterocycles. The number of fused-ring (bicyclic) bond motifs is 3. The summed E-state index contributed by atoms with van der Waals surface area (Å²) in [6, 6.07) is 14.6.